The van der Waals surface area contributed by atoms with E-state index in [1.165, 1.54) is 11.3 Å². The van der Waals surface area contributed by atoms with Crippen LogP contribution in [0.15, 0.2) is 11.4 Å². The van der Waals surface area contributed by atoms with Gasteiger partial charge < -0.3 is 10.6 Å². The number of rotatable bonds is 1. The van der Waals surface area contributed by atoms with E-state index in [2.05, 4.69) is 10.6 Å². The van der Waals surface area contributed by atoms with Crippen molar-refractivity contribution in [3.8, 4) is 0 Å². The Morgan fingerprint density at radius 2 is 2.40 bits per heavy atom. The van der Waals surface area contributed by atoms with Gasteiger partial charge in [0.25, 0.3) is 0 Å². The number of urea groups is 1. The average molecular weight is 224 g/mol. The Morgan fingerprint density at radius 3 is 3.13 bits per heavy atom. The monoisotopic (exact) mass is 224 g/mol. The summed E-state index contributed by atoms with van der Waals surface area (Å²) in [5.74, 6) is 0.182. The quantitative estimate of drug-likeness (QED) is 0.762. The molecule has 15 heavy (non-hydrogen) atoms. The number of nitrogens with one attached hydrogen (secondary N) is 2. The lowest BCUT2D eigenvalue weighted by Crippen LogP contribution is -2.37. The predicted octanol–water partition coefficient (Wildman–Crippen LogP) is 1.69. The average Bonchev–Trinajstić information content (AvgIpc) is 2.71. The number of thiophene rings is 1. The molecule has 1 aromatic rings. The molecule has 0 saturated heterocycles. The standard InChI is InChI=1S/C10H12N2O2S/c1-11-10(14)12-7-2-3-8(13)6-4-5-15-9(6)7/h4-5,7H,2-3H2,1H3,(H2,11,12,14). The second-order valence-electron chi connectivity index (χ2n) is 3.44. The van der Waals surface area contributed by atoms with Crippen molar-refractivity contribution in [2.24, 2.45) is 0 Å². The fourth-order valence-electron chi connectivity index (χ4n) is 1.73. The van der Waals surface area contributed by atoms with Crippen LogP contribution in [0.2, 0.25) is 0 Å². The smallest absolute Gasteiger partial charge is 0.315 e. The molecule has 1 aliphatic carbocycles. The fourth-order valence-corrected chi connectivity index (χ4v) is 2.73. The summed E-state index contributed by atoms with van der Waals surface area (Å²) < 4.78 is 0. The molecule has 5 heteroatoms. The topological polar surface area (TPSA) is 58.2 Å². The van der Waals surface area contributed by atoms with E-state index in [9.17, 15) is 9.59 Å². The number of ketones is 1. The Hall–Kier alpha value is -1.36. The van der Waals surface area contributed by atoms with Crippen LogP contribution in [0.3, 0.4) is 0 Å². The van der Waals surface area contributed by atoms with Crippen LogP contribution in [0, 0.1) is 0 Å². The van der Waals surface area contributed by atoms with Gasteiger partial charge in [-0.3, -0.25) is 4.79 Å². The molecular weight excluding hydrogens is 212 g/mol. The first-order chi connectivity index (χ1) is 7.22. The molecule has 0 fully saturated rings. The zero-order chi connectivity index (χ0) is 10.8. The minimum atomic E-state index is -0.200. The summed E-state index contributed by atoms with van der Waals surface area (Å²) in [5.41, 5.74) is 0.771. The van der Waals surface area contributed by atoms with Crippen LogP contribution in [0.25, 0.3) is 0 Å². The maximum atomic E-state index is 11.5. The summed E-state index contributed by atoms with van der Waals surface area (Å²) in [7, 11) is 1.58. The van der Waals surface area contributed by atoms with Crippen molar-refractivity contribution in [1.29, 1.82) is 0 Å². The Kier molecular flexibility index (Phi) is 2.73. The van der Waals surface area contributed by atoms with Crippen molar-refractivity contribution in [1.82, 2.24) is 10.6 Å². The third-order valence-electron chi connectivity index (χ3n) is 2.50. The van der Waals surface area contributed by atoms with E-state index in [4.69, 9.17) is 0 Å². The van der Waals surface area contributed by atoms with Gasteiger partial charge in [0.05, 0.1) is 6.04 Å². The number of carbonyl (C=O) groups is 2. The summed E-state index contributed by atoms with van der Waals surface area (Å²) in [6.45, 7) is 0. The van der Waals surface area contributed by atoms with Crippen molar-refractivity contribution in [3.63, 3.8) is 0 Å². The van der Waals surface area contributed by atoms with Crippen LogP contribution < -0.4 is 10.6 Å². The van der Waals surface area contributed by atoms with E-state index < -0.39 is 0 Å². The minimum Gasteiger partial charge on any atom is -0.341 e. The van der Waals surface area contributed by atoms with E-state index in [1.54, 1.807) is 7.05 Å². The van der Waals surface area contributed by atoms with E-state index in [0.717, 1.165) is 10.4 Å². The van der Waals surface area contributed by atoms with Crippen molar-refractivity contribution in [3.05, 3.63) is 21.9 Å². The van der Waals surface area contributed by atoms with Gasteiger partial charge in [-0.2, -0.15) is 0 Å². The number of hydrogen-bond donors (Lipinski definition) is 2. The van der Waals surface area contributed by atoms with E-state index in [1.807, 2.05) is 11.4 Å². The zero-order valence-corrected chi connectivity index (χ0v) is 9.19. The molecule has 1 atom stereocenters. The third kappa shape index (κ3) is 1.87. The predicted molar refractivity (Wildman–Crippen MR) is 58.2 cm³/mol. The molecule has 2 N–H and O–H groups in total. The molecule has 0 bridgehead atoms. The lowest BCUT2D eigenvalue weighted by Gasteiger charge is -2.22. The van der Waals surface area contributed by atoms with Gasteiger partial charge in [-0.1, -0.05) is 0 Å². The molecule has 2 amide bonds. The first kappa shape index (κ1) is 10.2. The maximum absolute atomic E-state index is 11.5. The van der Waals surface area contributed by atoms with Crippen LogP contribution in [0.1, 0.15) is 34.1 Å². The highest BCUT2D eigenvalue weighted by Crippen LogP contribution is 2.33. The number of carbonyl (C=O) groups excluding carboxylic acids is 2. The third-order valence-corrected chi connectivity index (χ3v) is 3.54. The summed E-state index contributed by atoms with van der Waals surface area (Å²) >= 11 is 1.53. The SMILES string of the molecule is CNC(=O)NC1CCC(=O)c2ccsc21. The van der Waals surface area contributed by atoms with Gasteiger partial charge in [-0.15, -0.1) is 11.3 Å². The molecule has 0 saturated carbocycles. The molecule has 1 heterocycles. The Morgan fingerprint density at radius 1 is 1.60 bits per heavy atom. The van der Waals surface area contributed by atoms with Crippen LogP contribution >= 0.6 is 11.3 Å². The maximum Gasteiger partial charge on any atom is 0.315 e. The second kappa shape index (κ2) is 4.02. The normalized spacial score (nSPS) is 19.5. The van der Waals surface area contributed by atoms with Crippen LogP contribution in [-0.2, 0) is 0 Å². The van der Waals surface area contributed by atoms with Gasteiger partial charge in [-0.25, -0.2) is 4.79 Å². The summed E-state index contributed by atoms with van der Waals surface area (Å²) in [4.78, 5) is 23.7. The van der Waals surface area contributed by atoms with Crippen LogP contribution in [-0.4, -0.2) is 18.9 Å². The molecule has 1 unspecified atom stereocenters. The summed E-state index contributed by atoms with van der Waals surface area (Å²) in [5, 5.41) is 7.25. The van der Waals surface area contributed by atoms with E-state index >= 15 is 0 Å². The second-order valence-corrected chi connectivity index (χ2v) is 4.38. The van der Waals surface area contributed by atoms with Gasteiger partial charge in [0.2, 0.25) is 0 Å². The van der Waals surface area contributed by atoms with Crippen molar-refractivity contribution >= 4 is 23.2 Å². The molecule has 2 rings (SSSR count). The van der Waals surface area contributed by atoms with Gasteiger partial charge in [0, 0.05) is 23.9 Å². The molecular formula is C10H12N2O2S. The lowest BCUT2D eigenvalue weighted by molar-refractivity contribution is 0.0965. The highest BCUT2D eigenvalue weighted by Gasteiger charge is 2.27. The Balaban J connectivity index is 2.21. The van der Waals surface area contributed by atoms with Gasteiger partial charge >= 0.3 is 6.03 Å². The van der Waals surface area contributed by atoms with Gasteiger partial charge in [0.1, 0.15) is 0 Å². The molecule has 0 aliphatic heterocycles. The fraction of sp³-hybridized carbons (Fsp3) is 0.400. The van der Waals surface area contributed by atoms with Crippen molar-refractivity contribution < 1.29 is 9.59 Å². The lowest BCUT2D eigenvalue weighted by atomic mass is 9.94. The van der Waals surface area contributed by atoms with Crippen LogP contribution in [0.5, 0.6) is 0 Å². The zero-order valence-electron chi connectivity index (χ0n) is 8.37. The summed E-state index contributed by atoms with van der Waals surface area (Å²) in [6.07, 6.45) is 1.21. The Bertz CT molecular complexity index is 400. The van der Waals surface area contributed by atoms with Crippen molar-refractivity contribution in [2.75, 3.05) is 7.05 Å². The molecule has 1 aliphatic rings. The first-order valence-corrected chi connectivity index (χ1v) is 5.69. The van der Waals surface area contributed by atoms with E-state index in [-0.39, 0.29) is 17.9 Å². The molecule has 0 spiro atoms. The molecule has 80 valence electrons. The van der Waals surface area contributed by atoms with Crippen LogP contribution in [0.4, 0.5) is 4.79 Å². The number of Topliss-reactive ketones (excluding diaryl/α,β-unsaturated/α-hetero) is 1. The Labute approximate surface area is 91.7 Å². The van der Waals surface area contributed by atoms with Gasteiger partial charge in [-0.05, 0) is 17.9 Å². The highest BCUT2D eigenvalue weighted by molar-refractivity contribution is 7.10. The minimum absolute atomic E-state index is 0.0161. The molecule has 0 aromatic carbocycles. The number of hydrogen-bond acceptors (Lipinski definition) is 3. The molecule has 4 nitrogen and oxygen atoms in total. The largest absolute Gasteiger partial charge is 0.341 e. The number of amides is 2. The highest BCUT2D eigenvalue weighted by atomic mass is 32.1. The first-order valence-electron chi connectivity index (χ1n) is 4.81. The van der Waals surface area contributed by atoms with Gasteiger partial charge in [0.15, 0.2) is 5.78 Å². The summed E-state index contributed by atoms with van der Waals surface area (Å²) in [6, 6.07) is 1.62. The molecule has 0 radical (unpaired) electrons. The number of fused-ring (bicyclic) bond motifs is 1. The van der Waals surface area contributed by atoms with Crippen molar-refractivity contribution in [2.45, 2.75) is 18.9 Å². The molecule has 1 aromatic heterocycles. The van der Waals surface area contributed by atoms with E-state index in [0.29, 0.717) is 12.8 Å².